The third kappa shape index (κ3) is 2.46. The molecule has 1 saturated heterocycles. The van der Waals surface area contributed by atoms with E-state index in [0.29, 0.717) is 0 Å². The Bertz CT molecular complexity index is 125. The number of rotatable bonds is 4. The van der Waals surface area contributed by atoms with E-state index in [9.17, 15) is 0 Å². The summed E-state index contributed by atoms with van der Waals surface area (Å²) in [5.41, 5.74) is 0. The molecule has 0 aromatic carbocycles. The first-order chi connectivity index (χ1) is 5.75. The van der Waals surface area contributed by atoms with E-state index in [1.54, 1.807) is 0 Å². The number of nitrogens with zero attached hydrogens (tertiary/aromatic N) is 1. The van der Waals surface area contributed by atoms with E-state index in [4.69, 9.17) is 0 Å². The van der Waals surface area contributed by atoms with Crippen molar-refractivity contribution in [2.24, 2.45) is 0 Å². The quantitative estimate of drug-likeness (QED) is 0.687. The fraction of sp³-hybridized carbons (Fsp3) is 1.00. The van der Waals surface area contributed by atoms with Crippen LogP contribution in [-0.4, -0.2) is 37.1 Å². The Morgan fingerprint density at radius 2 is 2.33 bits per heavy atom. The van der Waals surface area contributed by atoms with E-state index in [-0.39, 0.29) is 0 Å². The van der Waals surface area contributed by atoms with Crippen LogP contribution in [0.15, 0.2) is 0 Å². The predicted octanol–water partition coefficient (Wildman–Crippen LogP) is 1.47. The van der Waals surface area contributed by atoms with E-state index >= 15 is 0 Å². The molecule has 2 nitrogen and oxygen atoms in total. The van der Waals surface area contributed by atoms with E-state index in [1.165, 1.54) is 25.8 Å². The van der Waals surface area contributed by atoms with E-state index in [1.807, 2.05) is 7.05 Å². The van der Waals surface area contributed by atoms with Crippen LogP contribution in [0.5, 0.6) is 0 Å². The lowest BCUT2D eigenvalue weighted by molar-refractivity contribution is 0.193. The number of hydrogen-bond donors (Lipinski definition) is 1. The minimum atomic E-state index is 0.759. The third-order valence-corrected chi connectivity index (χ3v) is 2.98. The lowest BCUT2D eigenvalue weighted by atomic mass is 10.2. The first kappa shape index (κ1) is 10.0. The Hall–Kier alpha value is -0.0800. The van der Waals surface area contributed by atoms with Gasteiger partial charge in [0.1, 0.15) is 0 Å². The molecule has 0 aliphatic carbocycles. The molecule has 0 radical (unpaired) electrons. The molecule has 1 heterocycles. The second-order valence-electron chi connectivity index (χ2n) is 3.97. The Kier molecular flexibility index (Phi) is 4.02. The first-order valence-electron chi connectivity index (χ1n) is 5.16. The van der Waals surface area contributed by atoms with Gasteiger partial charge < -0.3 is 5.32 Å². The molecule has 0 aromatic rings. The highest BCUT2D eigenvalue weighted by molar-refractivity contribution is 4.79. The molecular weight excluding hydrogens is 148 g/mol. The summed E-state index contributed by atoms with van der Waals surface area (Å²) >= 11 is 0. The molecule has 1 rings (SSSR count). The van der Waals surface area contributed by atoms with Gasteiger partial charge in [0, 0.05) is 12.1 Å². The standard InChI is InChI=1S/C10H22N2/c1-9-5-4-8-12(9)10(2)6-7-11-3/h9-11H,4-8H2,1-3H3. The second kappa shape index (κ2) is 4.83. The molecule has 1 aliphatic rings. The van der Waals surface area contributed by atoms with E-state index in [0.717, 1.165) is 18.6 Å². The lowest BCUT2D eigenvalue weighted by Crippen LogP contribution is -2.37. The van der Waals surface area contributed by atoms with Crippen molar-refractivity contribution in [2.45, 2.75) is 45.2 Å². The van der Waals surface area contributed by atoms with E-state index in [2.05, 4.69) is 24.1 Å². The molecule has 2 unspecified atom stereocenters. The fourth-order valence-corrected chi connectivity index (χ4v) is 2.13. The van der Waals surface area contributed by atoms with Gasteiger partial charge in [-0.1, -0.05) is 0 Å². The molecule has 1 N–H and O–H groups in total. The zero-order valence-electron chi connectivity index (χ0n) is 8.64. The summed E-state index contributed by atoms with van der Waals surface area (Å²) < 4.78 is 0. The first-order valence-corrected chi connectivity index (χ1v) is 5.16. The Morgan fingerprint density at radius 1 is 1.58 bits per heavy atom. The molecule has 1 aliphatic heterocycles. The molecule has 12 heavy (non-hydrogen) atoms. The van der Waals surface area contributed by atoms with Crippen LogP contribution in [0.25, 0.3) is 0 Å². The van der Waals surface area contributed by atoms with Crippen LogP contribution in [-0.2, 0) is 0 Å². The topological polar surface area (TPSA) is 15.3 Å². The van der Waals surface area contributed by atoms with Gasteiger partial charge in [-0.05, 0) is 53.2 Å². The molecule has 0 amide bonds. The van der Waals surface area contributed by atoms with Gasteiger partial charge in [-0.15, -0.1) is 0 Å². The molecule has 0 aromatic heterocycles. The molecule has 2 heteroatoms. The molecular formula is C10H22N2. The van der Waals surface area contributed by atoms with Gasteiger partial charge in [-0.3, -0.25) is 4.90 Å². The van der Waals surface area contributed by atoms with Crippen LogP contribution in [0.3, 0.4) is 0 Å². The van der Waals surface area contributed by atoms with Crippen molar-refractivity contribution in [1.29, 1.82) is 0 Å². The van der Waals surface area contributed by atoms with Gasteiger partial charge in [0.2, 0.25) is 0 Å². The Morgan fingerprint density at radius 3 is 2.83 bits per heavy atom. The highest BCUT2D eigenvalue weighted by Gasteiger charge is 2.23. The van der Waals surface area contributed by atoms with Crippen LogP contribution in [0, 0.1) is 0 Å². The molecule has 0 bridgehead atoms. The summed E-state index contributed by atoms with van der Waals surface area (Å²) in [6.45, 7) is 7.15. The van der Waals surface area contributed by atoms with Crippen molar-refractivity contribution in [3.05, 3.63) is 0 Å². The normalized spacial score (nSPS) is 27.8. The monoisotopic (exact) mass is 170 g/mol. The van der Waals surface area contributed by atoms with Crippen LogP contribution in [0.4, 0.5) is 0 Å². The zero-order valence-corrected chi connectivity index (χ0v) is 8.64. The molecule has 0 spiro atoms. The van der Waals surface area contributed by atoms with Gasteiger partial charge in [-0.25, -0.2) is 0 Å². The fourth-order valence-electron chi connectivity index (χ4n) is 2.13. The Balaban J connectivity index is 2.25. The third-order valence-electron chi connectivity index (χ3n) is 2.98. The summed E-state index contributed by atoms with van der Waals surface area (Å²) in [6.07, 6.45) is 4.07. The van der Waals surface area contributed by atoms with Crippen molar-refractivity contribution in [3.8, 4) is 0 Å². The summed E-state index contributed by atoms with van der Waals surface area (Å²) in [6, 6.07) is 1.58. The predicted molar refractivity (Wildman–Crippen MR) is 53.4 cm³/mol. The minimum Gasteiger partial charge on any atom is -0.320 e. The second-order valence-corrected chi connectivity index (χ2v) is 3.97. The zero-order chi connectivity index (χ0) is 8.97. The van der Waals surface area contributed by atoms with Crippen molar-refractivity contribution in [1.82, 2.24) is 10.2 Å². The minimum absolute atomic E-state index is 0.759. The smallest absolute Gasteiger partial charge is 0.00818 e. The SMILES string of the molecule is CNCCC(C)N1CCCC1C. The maximum Gasteiger partial charge on any atom is 0.00818 e. The Labute approximate surface area is 76.3 Å². The molecule has 1 fully saturated rings. The lowest BCUT2D eigenvalue weighted by Gasteiger charge is -2.28. The van der Waals surface area contributed by atoms with Crippen molar-refractivity contribution in [2.75, 3.05) is 20.1 Å². The number of likely N-dealkylation sites (tertiary alicyclic amines) is 1. The van der Waals surface area contributed by atoms with Gasteiger partial charge in [0.05, 0.1) is 0 Å². The summed E-state index contributed by atoms with van der Waals surface area (Å²) in [5.74, 6) is 0. The van der Waals surface area contributed by atoms with Crippen molar-refractivity contribution >= 4 is 0 Å². The highest BCUT2D eigenvalue weighted by Crippen LogP contribution is 2.20. The van der Waals surface area contributed by atoms with Gasteiger partial charge >= 0.3 is 0 Å². The van der Waals surface area contributed by atoms with Crippen LogP contribution in [0.2, 0.25) is 0 Å². The van der Waals surface area contributed by atoms with Crippen molar-refractivity contribution in [3.63, 3.8) is 0 Å². The van der Waals surface area contributed by atoms with Gasteiger partial charge in [-0.2, -0.15) is 0 Å². The van der Waals surface area contributed by atoms with Crippen molar-refractivity contribution < 1.29 is 0 Å². The maximum absolute atomic E-state index is 3.21. The average Bonchev–Trinajstić information content (AvgIpc) is 2.47. The molecule has 72 valence electrons. The van der Waals surface area contributed by atoms with Crippen LogP contribution >= 0.6 is 0 Å². The van der Waals surface area contributed by atoms with Crippen LogP contribution in [0.1, 0.15) is 33.1 Å². The van der Waals surface area contributed by atoms with Gasteiger partial charge in [0.25, 0.3) is 0 Å². The summed E-state index contributed by atoms with van der Waals surface area (Å²) in [5, 5.41) is 3.21. The molecule has 0 saturated carbocycles. The maximum atomic E-state index is 3.21. The van der Waals surface area contributed by atoms with Gasteiger partial charge in [0.15, 0.2) is 0 Å². The molecule has 2 atom stereocenters. The highest BCUT2D eigenvalue weighted by atomic mass is 15.2. The van der Waals surface area contributed by atoms with Crippen LogP contribution < -0.4 is 5.32 Å². The number of hydrogen-bond acceptors (Lipinski definition) is 2. The number of nitrogens with one attached hydrogen (secondary N) is 1. The summed E-state index contributed by atoms with van der Waals surface area (Å²) in [7, 11) is 2.03. The average molecular weight is 170 g/mol. The van der Waals surface area contributed by atoms with E-state index < -0.39 is 0 Å². The largest absolute Gasteiger partial charge is 0.320 e. The summed E-state index contributed by atoms with van der Waals surface area (Å²) in [4.78, 5) is 2.64.